The minimum Gasteiger partial charge on any atom is -0.349 e. The fourth-order valence-electron chi connectivity index (χ4n) is 2.67. The highest BCUT2D eigenvalue weighted by Gasteiger charge is 2.31. The highest BCUT2D eigenvalue weighted by Crippen LogP contribution is 2.31. The lowest BCUT2D eigenvalue weighted by Gasteiger charge is -2.20. The van der Waals surface area contributed by atoms with Crippen LogP contribution in [0.25, 0.3) is 0 Å². The number of carbonyl (C=O) groups excluding carboxylic acids is 1. The summed E-state index contributed by atoms with van der Waals surface area (Å²) in [5.74, 6) is 1.33. The Bertz CT molecular complexity index is 458. The molecule has 1 aliphatic carbocycles. The summed E-state index contributed by atoms with van der Waals surface area (Å²) in [7, 11) is 0. The average Bonchev–Trinajstić information content (AvgIpc) is 2.64. The summed E-state index contributed by atoms with van der Waals surface area (Å²) >= 11 is 3.47. The minimum absolute atomic E-state index is 0.0553. The van der Waals surface area contributed by atoms with Crippen LogP contribution >= 0.6 is 15.9 Å². The van der Waals surface area contributed by atoms with E-state index in [4.69, 9.17) is 0 Å². The molecule has 0 bridgehead atoms. The van der Waals surface area contributed by atoms with Crippen LogP contribution in [0.2, 0.25) is 0 Å². The van der Waals surface area contributed by atoms with Crippen molar-refractivity contribution < 1.29 is 4.79 Å². The number of halogens is 1. The van der Waals surface area contributed by atoms with Crippen molar-refractivity contribution in [1.29, 1.82) is 0 Å². The first kappa shape index (κ1) is 13.6. The van der Waals surface area contributed by atoms with Crippen LogP contribution in [-0.4, -0.2) is 11.9 Å². The van der Waals surface area contributed by atoms with Gasteiger partial charge in [-0.3, -0.25) is 4.79 Å². The number of amides is 1. The molecule has 1 aliphatic rings. The lowest BCUT2D eigenvalue weighted by atomic mass is 9.97. The summed E-state index contributed by atoms with van der Waals surface area (Å²) in [5.41, 5.74) is 1.78. The van der Waals surface area contributed by atoms with E-state index in [9.17, 15) is 4.79 Å². The molecule has 1 N–H and O–H groups in total. The Morgan fingerprint density at radius 3 is 2.67 bits per heavy atom. The van der Waals surface area contributed by atoms with Crippen molar-refractivity contribution in [2.24, 2.45) is 11.8 Å². The second kappa shape index (κ2) is 5.43. The molecule has 1 saturated carbocycles. The molecule has 2 rings (SSSR count). The van der Waals surface area contributed by atoms with Crippen LogP contribution in [0.5, 0.6) is 0 Å². The van der Waals surface area contributed by atoms with Crippen LogP contribution in [0.1, 0.15) is 42.6 Å². The zero-order valence-corrected chi connectivity index (χ0v) is 12.8. The Morgan fingerprint density at radius 2 is 2.06 bits per heavy atom. The zero-order valence-electron chi connectivity index (χ0n) is 11.2. The molecule has 3 heteroatoms. The highest BCUT2D eigenvalue weighted by molar-refractivity contribution is 9.10. The molecule has 2 nitrogen and oxygen atoms in total. The summed E-state index contributed by atoms with van der Waals surface area (Å²) in [5, 5.41) is 3.18. The zero-order chi connectivity index (χ0) is 13.3. The van der Waals surface area contributed by atoms with E-state index in [2.05, 4.69) is 35.1 Å². The van der Waals surface area contributed by atoms with Gasteiger partial charge in [0.05, 0.1) is 0 Å². The average molecular weight is 310 g/mol. The predicted molar refractivity (Wildman–Crippen MR) is 77.7 cm³/mol. The van der Waals surface area contributed by atoms with Crippen molar-refractivity contribution in [3.8, 4) is 0 Å². The van der Waals surface area contributed by atoms with Gasteiger partial charge in [0.2, 0.25) is 0 Å². The molecule has 1 fully saturated rings. The largest absolute Gasteiger partial charge is 0.349 e. The summed E-state index contributed by atoms with van der Waals surface area (Å²) < 4.78 is 0.989. The molecule has 0 radical (unpaired) electrons. The first-order valence-electron chi connectivity index (χ1n) is 6.56. The van der Waals surface area contributed by atoms with Gasteiger partial charge >= 0.3 is 0 Å². The monoisotopic (exact) mass is 309 g/mol. The van der Waals surface area contributed by atoms with E-state index in [-0.39, 0.29) is 5.91 Å². The molecule has 98 valence electrons. The number of hydrogen-bond acceptors (Lipinski definition) is 1. The predicted octanol–water partition coefficient (Wildman–Crippen LogP) is 3.92. The fourth-order valence-corrected chi connectivity index (χ4v) is 3.03. The maximum absolute atomic E-state index is 12.3. The summed E-state index contributed by atoms with van der Waals surface area (Å²) in [6, 6.07) is 6.09. The van der Waals surface area contributed by atoms with E-state index in [0.717, 1.165) is 22.0 Å². The summed E-state index contributed by atoms with van der Waals surface area (Å²) in [6.07, 6.45) is 2.31. The quantitative estimate of drug-likeness (QED) is 0.881. The van der Waals surface area contributed by atoms with Gasteiger partial charge < -0.3 is 5.32 Å². The highest BCUT2D eigenvalue weighted by atomic mass is 79.9. The molecular weight excluding hydrogens is 290 g/mol. The van der Waals surface area contributed by atoms with Gasteiger partial charge in [-0.2, -0.15) is 0 Å². The van der Waals surface area contributed by atoms with Crippen LogP contribution in [0.3, 0.4) is 0 Å². The van der Waals surface area contributed by atoms with E-state index < -0.39 is 0 Å². The third kappa shape index (κ3) is 2.61. The van der Waals surface area contributed by atoms with Gasteiger partial charge in [0.25, 0.3) is 5.91 Å². The van der Waals surface area contributed by atoms with Crippen molar-refractivity contribution in [2.45, 2.75) is 39.7 Å². The number of hydrogen-bond donors (Lipinski definition) is 1. The molecule has 1 amide bonds. The summed E-state index contributed by atoms with van der Waals surface area (Å²) in [4.78, 5) is 12.3. The van der Waals surface area contributed by atoms with Crippen molar-refractivity contribution in [3.05, 3.63) is 33.8 Å². The maximum atomic E-state index is 12.3. The molecule has 0 aliphatic heterocycles. The SMILES string of the molecule is Cc1c(Br)cccc1C(=O)NC1CCC(C)C1C. The van der Waals surface area contributed by atoms with Crippen molar-refractivity contribution in [3.63, 3.8) is 0 Å². The van der Waals surface area contributed by atoms with Crippen molar-refractivity contribution in [1.82, 2.24) is 5.32 Å². The molecule has 1 aromatic carbocycles. The molecule has 0 aromatic heterocycles. The third-order valence-electron chi connectivity index (χ3n) is 4.29. The Balaban J connectivity index is 2.11. The summed E-state index contributed by atoms with van der Waals surface area (Å²) in [6.45, 7) is 6.47. The van der Waals surface area contributed by atoms with E-state index >= 15 is 0 Å². The van der Waals surface area contributed by atoms with Crippen LogP contribution in [0.15, 0.2) is 22.7 Å². The lowest BCUT2D eigenvalue weighted by Crippen LogP contribution is -2.37. The van der Waals surface area contributed by atoms with Gasteiger partial charge in [0, 0.05) is 16.1 Å². The Labute approximate surface area is 117 Å². The smallest absolute Gasteiger partial charge is 0.251 e. The van der Waals surface area contributed by atoms with Gasteiger partial charge in [0.1, 0.15) is 0 Å². The lowest BCUT2D eigenvalue weighted by molar-refractivity contribution is 0.0926. The van der Waals surface area contributed by atoms with Crippen molar-refractivity contribution in [2.75, 3.05) is 0 Å². The maximum Gasteiger partial charge on any atom is 0.251 e. The van der Waals surface area contributed by atoms with Gasteiger partial charge in [0.15, 0.2) is 0 Å². The number of benzene rings is 1. The molecule has 0 saturated heterocycles. The fraction of sp³-hybridized carbons (Fsp3) is 0.533. The molecule has 18 heavy (non-hydrogen) atoms. The third-order valence-corrected chi connectivity index (χ3v) is 5.15. The number of rotatable bonds is 2. The normalized spacial score (nSPS) is 27.2. The molecule has 0 spiro atoms. The first-order chi connectivity index (χ1) is 8.50. The van der Waals surface area contributed by atoms with Gasteiger partial charge in [-0.1, -0.05) is 35.8 Å². The van der Waals surface area contributed by atoms with Gasteiger partial charge in [-0.15, -0.1) is 0 Å². The van der Waals surface area contributed by atoms with Crippen molar-refractivity contribution >= 4 is 21.8 Å². The minimum atomic E-state index is 0.0553. The Kier molecular flexibility index (Phi) is 4.10. The van der Waals surface area contributed by atoms with Crippen LogP contribution < -0.4 is 5.32 Å². The molecule has 1 aromatic rings. The number of carbonyl (C=O) groups is 1. The second-order valence-electron chi connectivity index (χ2n) is 5.41. The molecule has 3 unspecified atom stereocenters. The van der Waals surface area contributed by atoms with E-state index in [1.54, 1.807) is 0 Å². The van der Waals surface area contributed by atoms with Gasteiger partial charge in [-0.05, 0) is 49.3 Å². The Hall–Kier alpha value is -0.830. The second-order valence-corrected chi connectivity index (χ2v) is 6.26. The van der Waals surface area contributed by atoms with E-state index in [0.29, 0.717) is 17.9 Å². The topological polar surface area (TPSA) is 29.1 Å². The number of nitrogens with one attached hydrogen (secondary N) is 1. The molecule has 3 atom stereocenters. The van der Waals surface area contributed by atoms with E-state index in [1.807, 2.05) is 25.1 Å². The van der Waals surface area contributed by atoms with E-state index in [1.165, 1.54) is 6.42 Å². The molecule has 0 heterocycles. The molecular formula is C15H20BrNO. The van der Waals surface area contributed by atoms with Crippen LogP contribution in [0, 0.1) is 18.8 Å². The van der Waals surface area contributed by atoms with Crippen LogP contribution in [0.4, 0.5) is 0 Å². The Morgan fingerprint density at radius 1 is 1.33 bits per heavy atom. The first-order valence-corrected chi connectivity index (χ1v) is 7.36. The van der Waals surface area contributed by atoms with Crippen LogP contribution in [-0.2, 0) is 0 Å². The standard InChI is InChI=1S/C15H20BrNO/c1-9-7-8-14(10(9)2)17-15(18)12-5-4-6-13(16)11(12)3/h4-6,9-10,14H,7-8H2,1-3H3,(H,17,18). The van der Waals surface area contributed by atoms with Gasteiger partial charge in [-0.25, -0.2) is 0 Å².